The number of aryl methyl sites for hydroxylation is 1. The zero-order valence-corrected chi connectivity index (χ0v) is 19.5. The molecule has 0 fully saturated rings. The summed E-state index contributed by atoms with van der Waals surface area (Å²) >= 11 is 0. The van der Waals surface area contributed by atoms with Crippen LogP contribution in [0.4, 0.5) is 21.7 Å². The molecule has 8 heteroatoms. The largest absolute Gasteiger partial charge is 0.365 e. The van der Waals surface area contributed by atoms with Gasteiger partial charge < -0.3 is 21.7 Å². The highest BCUT2D eigenvalue weighted by Crippen LogP contribution is 2.33. The zero-order chi connectivity index (χ0) is 24.8. The third-order valence-electron chi connectivity index (χ3n) is 5.63. The number of amides is 1. The molecule has 2 aromatic heterocycles. The van der Waals surface area contributed by atoms with Crippen LogP contribution in [0.2, 0.25) is 0 Å². The second kappa shape index (κ2) is 10.8. The average Bonchev–Trinajstić information content (AvgIpc) is 2.86. The number of pyridine rings is 2. The van der Waals surface area contributed by atoms with E-state index in [2.05, 4.69) is 25.9 Å². The van der Waals surface area contributed by atoms with Gasteiger partial charge in [-0.05, 0) is 42.8 Å². The maximum atomic E-state index is 15.2. The third-order valence-corrected chi connectivity index (χ3v) is 5.63. The molecule has 0 unspecified atom stereocenters. The van der Waals surface area contributed by atoms with E-state index >= 15 is 4.39 Å². The number of hydrogen-bond donors (Lipinski definition) is 4. The van der Waals surface area contributed by atoms with Crippen LogP contribution in [0.25, 0.3) is 0 Å². The number of nitrogens with one attached hydrogen (secondary N) is 3. The lowest BCUT2D eigenvalue weighted by Crippen LogP contribution is -2.29. The summed E-state index contributed by atoms with van der Waals surface area (Å²) < 4.78 is 15.2. The van der Waals surface area contributed by atoms with E-state index in [4.69, 9.17) is 5.73 Å². The molecule has 0 bridgehead atoms. The summed E-state index contributed by atoms with van der Waals surface area (Å²) in [5, 5.41) is 9.65. The Morgan fingerprint density at radius 3 is 2.11 bits per heavy atom. The normalized spacial score (nSPS) is 12.5. The lowest BCUT2D eigenvalue weighted by Gasteiger charge is -2.29. The van der Waals surface area contributed by atoms with Crippen LogP contribution >= 0.6 is 0 Å². The number of rotatable bonds is 9. The number of halogens is 1. The second-order valence-electron chi connectivity index (χ2n) is 8.16. The molecule has 0 aliphatic carbocycles. The van der Waals surface area contributed by atoms with Gasteiger partial charge in [0.1, 0.15) is 5.82 Å². The fourth-order valence-electron chi connectivity index (χ4n) is 3.99. The molecule has 0 saturated carbocycles. The highest BCUT2D eigenvalue weighted by molar-refractivity contribution is 5.98. The molecule has 0 saturated heterocycles. The van der Waals surface area contributed by atoms with Crippen LogP contribution in [0, 0.1) is 12.7 Å². The summed E-state index contributed by atoms with van der Waals surface area (Å²) in [4.78, 5) is 20.6. The molecule has 7 nitrogen and oxygen atoms in total. The number of nitrogens with zero attached hydrogens (tertiary/aromatic N) is 2. The molecule has 2 aromatic carbocycles. The first-order valence-electron chi connectivity index (χ1n) is 11.2. The van der Waals surface area contributed by atoms with Crippen molar-refractivity contribution in [1.29, 1.82) is 0 Å². The van der Waals surface area contributed by atoms with Crippen LogP contribution in [-0.4, -0.2) is 22.9 Å². The van der Waals surface area contributed by atoms with Gasteiger partial charge in [0, 0.05) is 6.20 Å². The highest BCUT2D eigenvalue weighted by atomic mass is 19.1. The van der Waals surface area contributed by atoms with Gasteiger partial charge >= 0.3 is 0 Å². The molecule has 178 valence electrons. The molecule has 5 N–H and O–H groups in total. The summed E-state index contributed by atoms with van der Waals surface area (Å²) in [5.41, 5.74) is 8.95. The van der Waals surface area contributed by atoms with Gasteiger partial charge in [-0.15, -0.1) is 0 Å². The number of carbonyl (C=O) groups excluding carboxylic acids is 1. The van der Waals surface area contributed by atoms with E-state index in [0.717, 1.165) is 22.8 Å². The fourth-order valence-corrected chi connectivity index (χ4v) is 3.99. The topological polar surface area (TPSA) is 105 Å². The number of likely N-dealkylation sites (N-methyl/N-ethyl adjacent to an activating group) is 1. The molecular weight excluding hydrogens is 443 g/mol. The van der Waals surface area contributed by atoms with Crippen LogP contribution < -0.4 is 21.7 Å². The Morgan fingerprint density at radius 2 is 1.54 bits per heavy atom. The Morgan fingerprint density at radius 1 is 0.914 bits per heavy atom. The molecule has 2 atom stereocenters. The van der Waals surface area contributed by atoms with Gasteiger partial charge in [-0.3, -0.25) is 9.78 Å². The first kappa shape index (κ1) is 23.8. The number of aromatic nitrogens is 2. The molecule has 4 aromatic rings. The summed E-state index contributed by atoms with van der Waals surface area (Å²) in [6.07, 6.45) is 3.30. The monoisotopic (exact) mass is 470 g/mol. The first-order chi connectivity index (χ1) is 17.0. The van der Waals surface area contributed by atoms with Crippen LogP contribution in [0.1, 0.15) is 39.1 Å². The number of carbonyl (C=O) groups is 1. The maximum absolute atomic E-state index is 15.2. The van der Waals surface area contributed by atoms with Crippen molar-refractivity contribution in [2.75, 3.05) is 17.7 Å². The van der Waals surface area contributed by atoms with Crippen molar-refractivity contribution in [1.82, 2.24) is 15.3 Å². The lowest BCUT2D eigenvalue weighted by atomic mass is 9.93. The van der Waals surface area contributed by atoms with Crippen molar-refractivity contribution in [2.45, 2.75) is 19.0 Å². The number of anilines is 3. The van der Waals surface area contributed by atoms with Crippen molar-refractivity contribution in [2.24, 2.45) is 5.73 Å². The number of primary amides is 1. The van der Waals surface area contributed by atoms with Gasteiger partial charge in [-0.2, -0.15) is 0 Å². The highest BCUT2D eigenvalue weighted by Gasteiger charge is 2.26. The van der Waals surface area contributed by atoms with Crippen molar-refractivity contribution < 1.29 is 9.18 Å². The first-order valence-corrected chi connectivity index (χ1v) is 11.2. The fraction of sp³-hybridized carbons (Fsp3) is 0.148. The van der Waals surface area contributed by atoms with Crippen LogP contribution in [0.5, 0.6) is 0 Å². The lowest BCUT2D eigenvalue weighted by molar-refractivity contribution is 0.100. The van der Waals surface area contributed by atoms with E-state index in [9.17, 15) is 4.79 Å². The molecule has 2 heterocycles. The molecule has 0 radical (unpaired) electrons. The van der Waals surface area contributed by atoms with E-state index in [1.165, 1.54) is 0 Å². The van der Waals surface area contributed by atoms with Crippen LogP contribution in [0.3, 0.4) is 0 Å². The summed E-state index contributed by atoms with van der Waals surface area (Å²) in [5.74, 6) is -1.34. The van der Waals surface area contributed by atoms with Gasteiger partial charge in [-0.1, -0.05) is 60.7 Å². The van der Waals surface area contributed by atoms with Gasteiger partial charge in [-0.25, -0.2) is 9.37 Å². The number of nitrogens with two attached hydrogens (primary N) is 1. The van der Waals surface area contributed by atoms with E-state index in [1.54, 1.807) is 12.4 Å². The minimum atomic E-state index is -0.789. The average molecular weight is 471 g/mol. The van der Waals surface area contributed by atoms with Crippen LogP contribution in [-0.2, 0) is 0 Å². The SMILES string of the molecule is CN[C@@H](c1ccccc1)[C@H](Nc1nc(Nc2cncc(C)c2)c(C(N)=O)cc1F)c1ccccc1. The Labute approximate surface area is 203 Å². The molecule has 0 aliphatic heterocycles. The predicted octanol–water partition coefficient (Wildman–Crippen LogP) is 4.88. The molecule has 1 amide bonds. The van der Waals surface area contributed by atoms with Gasteiger partial charge in [0.25, 0.3) is 5.91 Å². The summed E-state index contributed by atoms with van der Waals surface area (Å²) in [6.45, 7) is 1.89. The number of benzene rings is 2. The molecule has 35 heavy (non-hydrogen) atoms. The zero-order valence-electron chi connectivity index (χ0n) is 19.5. The minimum absolute atomic E-state index is 0.0110. The Kier molecular flexibility index (Phi) is 7.32. The Bertz CT molecular complexity index is 1300. The van der Waals surface area contributed by atoms with E-state index in [-0.39, 0.29) is 29.3 Å². The Hall–Kier alpha value is -4.30. The predicted molar refractivity (Wildman–Crippen MR) is 136 cm³/mol. The third kappa shape index (κ3) is 5.62. The van der Waals surface area contributed by atoms with Crippen molar-refractivity contribution in [3.05, 3.63) is 113 Å². The minimum Gasteiger partial charge on any atom is -0.365 e. The standard InChI is InChI=1S/C27H27FN6O/c1-17-13-20(16-31-15-17)32-26-21(25(29)35)14-22(28)27(34-26)33-24(19-11-7-4-8-12-19)23(30-2)18-9-5-3-6-10-18/h3-16,23-24,30H,1-2H3,(H2,29,35)(H2,32,33,34)/t23-,24+/m0/s1. The van der Waals surface area contributed by atoms with Crippen molar-refractivity contribution in [3.8, 4) is 0 Å². The van der Waals surface area contributed by atoms with Gasteiger partial charge in [0.05, 0.1) is 29.5 Å². The quantitative estimate of drug-likeness (QED) is 0.278. The van der Waals surface area contributed by atoms with Crippen molar-refractivity contribution in [3.63, 3.8) is 0 Å². The molecule has 0 spiro atoms. The van der Waals surface area contributed by atoms with E-state index in [0.29, 0.717) is 5.69 Å². The Balaban J connectivity index is 1.76. The summed E-state index contributed by atoms with van der Waals surface area (Å²) in [7, 11) is 1.85. The number of hydrogen-bond acceptors (Lipinski definition) is 6. The summed E-state index contributed by atoms with van der Waals surface area (Å²) in [6, 6.07) is 22.0. The molecule has 4 rings (SSSR count). The van der Waals surface area contributed by atoms with Gasteiger partial charge in [0.15, 0.2) is 11.6 Å². The van der Waals surface area contributed by atoms with E-state index in [1.807, 2.05) is 80.7 Å². The maximum Gasteiger partial charge on any atom is 0.252 e. The van der Waals surface area contributed by atoms with Gasteiger partial charge in [0.2, 0.25) is 0 Å². The second-order valence-corrected chi connectivity index (χ2v) is 8.16. The van der Waals surface area contributed by atoms with Crippen molar-refractivity contribution >= 4 is 23.2 Å². The smallest absolute Gasteiger partial charge is 0.252 e. The molecular formula is C27H27FN6O. The molecule has 0 aliphatic rings. The van der Waals surface area contributed by atoms with E-state index < -0.39 is 11.7 Å². The van der Waals surface area contributed by atoms with Crippen LogP contribution in [0.15, 0.2) is 85.2 Å².